The zero-order chi connectivity index (χ0) is 16.0. The van der Waals surface area contributed by atoms with Gasteiger partial charge in [-0.15, -0.1) is 0 Å². The van der Waals surface area contributed by atoms with Crippen molar-refractivity contribution in [3.63, 3.8) is 0 Å². The van der Waals surface area contributed by atoms with Gasteiger partial charge >= 0.3 is 0 Å². The van der Waals surface area contributed by atoms with E-state index in [1.165, 1.54) is 54.4 Å². The zero-order valence-corrected chi connectivity index (χ0v) is 13.9. The molecule has 0 heterocycles. The summed E-state index contributed by atoms with van der Waals surface area (Å²) in [5, 5.41) is 5.50. The Hall–Kier alpha value is -1.89. The van der Waals surface area contributed by atoms with E-state index in [4.69, 9.17) is 5.41 Å². The maximum absolute atomic E-state index is 5.50. The van der Waals surface area contributed by atoms with Crippen LogP contribution in [0.3, 0.4) is 0 Å². The molecule has 0 amide bonds. The minimum absolute atomic E-state index is 0.250. The van der Waals surface area contributed by atoms with Crippen LogP contribution < -0.4 is 0 Å². The lowest BCUT2D eigenvalue weighted by Gasteiger charge is -2.38. The number of benzene rings is 2. The van der Waals surface area contributed by atoms with Crippen molar-refractivity contribution in [3.8, 4) is 0 Å². The lowest BCUT2D eigenvalue weighted by molar-refractivity contribution is 0.346. The first-order valence-corrected chi connectivity index (χ1v) is 8.20. The van der Waals surface area contributed by atoms with Gasteiger partial charge in [0.2, 0.25) is 0 Å². The summed E-state index contributed by atoms with van der Waals surface area (Å²) < 4.78 is 0. The van der Waals surface area contributed by atoms with E-state index in [2.05, 4.69) is 69.1 Å². The highest BCUT2D eigenvalue weighted by molar-refractivity contribution is 5.41. The molecule has 22 heavy (non-hydrogen) atoms. The number of rotatable bonds is 2. The Morgan fingerprint density at radius 2 is 1.05 bits per heavy atom. The summed E-state index contributed by atoms with van der Waals surface area (Å²) in [5.74, 6) is 0. The highest BCUT2D eigenvalue weighted by atomic mass is 14.4. The van der Waals surface area contributed by atoms with Crippen molar-refractivity contribution >= 4 is 6.72 Å². The molecule has 1 aliphatic carbocycles. The Kier molecular flexibility index (Phi) is 5.54. The highest BCUT2D eigenvalue weighted by Gasteiger charge is 2.35. The monoisotopic (exact) mass is 293 g/mol. The number of hydrogen-bond acceptors (Lipinski definition) is 1. The first-order valence-electron chi connectivity index (χ1n) is 8.20. The molecule has 1 saturated carbocycles. The van der Waals surface area contributed by atoms with E-state index in [0.29, 0.717) is 0 Å². The average Bonchev–Trinajstić information content (AvgIpc) is 2.58. The maximum atomic E-state index is 5.50. The van der Waals surface area contributed by atoms with Gasteiger partial charge in [0.15, 0.2) is 0 Å². The predicted molar refractivity (Wildman–Crippen MR) is 96.1 cm³/mol. The summed E-state index contributed by atoms with van der Waals surface area (Å²) in [7, 11) is 0. The van der Waals surface area contributed by atoms with Crippen molar-refractivity contribution in [2.75, 3.05) is 0 Å². The Morgan fingerprint density at radius 1 is 0.682 bits per heavy atom. The van der Waals surface area contributed by atoms with Gasteiger partial charge in [-0.25, -0.2) is 0 Å². The molecule has 1 nitrogen and oxygen atoms in total. The molecule has 1 N–H and O–H groups in total. The molecular formula is C21H27N. The maximum Gasteiger partial charge on any atom is 0.0202 e. The quantitative estimate of drug-likeness (QED) is 0.675. The number of aryl methyl sites for hydroxylation is 2. The molecule has 2 aromatic rings. The van der Waals surface area contributed by atoms with Gasteiger partial charge < -0.3 is 5.41 Å². The molecule has 0 radical (unpaired) electrons. The van der Waals surface area contributed by atoms with Crippen LogP contribution in [0.5, 0.6) is 0 Å². The standard InChI is InChI=1S/C20H24.CH3N/c1-16-6-10-18(11-7-16)20(14-4-3-5-15-20)19-12-8-17(2)9-13-19;1-2/h6-13H,3-5,14-15H2,1-2H3;2H,1H2. The Balaban J connectivity index is 0.000000847. The van der Waals surface area contributed by atoms with Gasteiger partial charge in [-0.1, -0.05) is 78.9 Å². The molecule has 0 saturated heterocycles. The van der Waals surface area contributed by atoms with E-state index in [0.717, 1.165) is 0 Å². The molecule has 0 bridgehead atoms. The third-order valence-corrected chi connectivity index (χ3v) is 4.92. The summed E-state index contributed by atoms with van der Waals surface area (Å²) in [6.45, 7) is 6.84. The van der Waals surface area contributed by atoms with E-state index < -0.39 is 0 Å². The number of hydrogen-bond donors (Lipinski definition) is 1. The smallest absolute Gasteiger partial charge is 0.0202 e. The van der Waals surface area contributed by atoms with Gasteiger partial charge in [0.1, 0.15) is 0 Å². The van der Waals surface area contributed by atoms with Crippen LogP contribution in [-0.2, 0) is 5.41 Å². The lowest BCUT2D eigenvalue weighted by Crippen LogP contribution is -2.30. The Bertz CT molecular complexity index is 527. The van der Waals surface area contributed by atoms with Crippen LogP contribution in [0.2, 0.25) is 0 Å². The largest absolute Gasteiger partial charge is 0.317 e. The second-order valence-corrected chi connectivity index (χ2v) is 6.37. The molecule has 0 aromatic heterocycles. The predicted octanol–water partition coefficient (Wildman–Crippen LogP) is 5.82. The van der Waals surface area contributed by atoms with Crippen LogP contribution in [0, 0.1) is 19.3 Å². The summed E-state index contributed by atoms with van der Waals surface area (Å²) >= 11 is 0. The third-order valence-electron chi connectivity index (χ3n) is 4.92. The Morgan fingerprint density at radius 3 is 1.41 bits per heavy atom. The summed E-state index contributed by atoms with van der Waals surface area (Å²) in [6.07, 6.45) is 6.67. The van der Waals surface area contributed by atoms with Gasteiger partial charge in [0.25, 0.3) is 0 Å². The van der Waals surface area contributed by atoms with Gasteiger partial charge in [0, 0.05) is 5.41 Å². The molecular weight excluding hydrogens is 266 g/mol. The third kappa shape index (κ3) is 3.30. The second-order valence-electron chi connectivity index (χ2n) is 6.37. The van der Waals surface area contributed by atoms with Gasteiger partial charge in [-0.2, -0.15) is 0 Å². The summed E-state index contributed by atoms with van der Waals surface area (Å²) in [6, 6.07) is 18.4. The summed E-state index contributed by atoms with van der Waals surface area (Å²) in [4.78, 5) is 0. The van der Waals surface area contributed by atoms with Crippen molar-refractivity contribution in [2.24, 2.45) is 0 Å². The van der Waals surface area contributed by atoms with Gasteiger partial charge in [-0.3, -0.25) is 0 Å². The topological polar surface area (TPSA) is 23.9 Å². The van der Waals surface area contributed by atoms with Crippen LogP contribution in [0.25, 0.3) is 0 Å². The Labute approximate surface area is 134 Å². The second kappa shape index (κ2) is 7.40. The van der Waals surface area contributed by atoms with Crippen LogP contribution in [0.15, 0.2) is 48.5 Å². The first kappa shape index (κ1) is 16.5. The fraction of sp³-hybridized carbons (Fsp3) is 0.381. The van der Waals surface area contributed by atoms with Crippen molar-refractivity contribution in [1.29, 1.82) is 5.41 Å². The molecule has 3 rings (SSSR count). The minimum atomic E-state index is 0.250. The minimum Gasteiger partial charge on any atom is -0.317 e. The fourth-order valence-electron chi connectivity index (χ4n) is 3.64. The lowest BCUT2D eigenvalue weighted by atomic mass is 9.65. The highest BCUT2D eigenvalue weighted by Crippen LogP contribution is 2.44. The molecule has 1 fully saturated rings. The van der Waals surface area contributed by atoms with Crippen molar-refractivity contribution in [1.82, 2.24) is 0 Å². The molecule has 0 aliphatic heterocycles. The zero-order valence-electron chi connectivity index (χ0n) is 13.9. The van der Waals surface area contributed by atoms with Crippen LogP contribution in [-0.4, -0.2) is 6.72 Å². The van der Waals surface area contributed by atoms with E-state index in [9.17, 15) is 0 Å². The van der Waals surface area contributed by atoms with Crippen molar-refractivity contribution < 1.29 is 0 Å². The molecule has 1 aliphatic rings. The fourth-order valence-corrected chi connectivity index (χ4v) is 3.64. The average molecular weight is 293 g/mol. The molecule has 0 atom stereocenters. The van der Waals surface area contributed by atoms with Crippen LogP contribution >= 0.6 is 0 Å². The molecule has 0 spiro atoms. The van der Waals surface area contributed by atoms with Gasteiger partial charge in [0.05, 0.1) is 0 Å². The van der Waals surface area contributed by atoms with Crippen LogP contribution in [0.4, 0.5) is 0 Å². The van der Waals surface area contributed by atoms with E-state index >= 15 is 0 Å². The van der Waals surface area contributed by atoms with Crippen molar-refractivity contribution in [3.05, 3.63) is 70.8 Å². The van der Waals surface area contributed by atoms with E-state index in [1.54, 1.807) is 0 Å². The van der Waals surface area contributed by atoms with E-state index in [1.807, 2.05) is 0 Å². The van der Waals surface area contributed by atoms with Crippen LogP contribution in [0.1, 0.15) is 54.4 Å². The SMILES string of the molecule is C=N.Cc1ccc(C2(c3ccc(C)cc3)CCCCC2)cc1. The molecule has 116 valence electrons. The van der Waals surface area contributed by atoms with Crippen molar-refractivity contribution in [2.45, 2.75) is 51.4 Å². The number of nitrogens with one attached hydrogen (secondary N) is 1. The molecule has 2 aromatic carbocycles. The summed E-state index contributed by atoms with van der Waals surface area (Å²) in [5.41, 5.74) is 5.96. The van der Waals surface area contributed by atoms with Gasteiger partial charge in [-0.05, 0) is 44.5 Å². The van der Waals surface area contributed by atoms with E-state index in [-0.39, 0.29) is 5.41 Å². The normalized spacial score (nSPS) is 16.5. The first-order chi connectivity index (χ1) is 10.7. The molecule has 0 unspecified atom stereocenters. The molecule has 1 heteroatoms.